The average molecular weight is 270 g/mol. The lowest BCUT2D eigenvalue weighted by atomic mass is 10.3. The van der Waals surface area contributed by atoms with Gasteiger partial charge in [-0.15, -0.1) is 0 Å². The second kappa shape index (κ2) is 5.43. The summed E-state index contributed by atoms with van der Waals surface area (Å²) in [5, 5.41) is 8.67. The van der Waals surface area contributed by atoms with Crippen LogP contribution in [0.25, 0.3) is 0 Å². The average Bonchev–Trinajstić information content (AvgIpc) is 2.76. The molecule has 17 heavy (non-hydrogen) atoms. The highest BCUT2D eigenvalue weighted by atomic mass is 35.5. The van der Waals surface area contributed by atoms with Gasteiger partial charge in [0.15, 0.2) is 0 Å². The quantitative estimate of drug-likeness (QED) is 0.915. The fraction of sp³-hybridized carbons (Fsp3) is 0.250. The van der Waals surface area contributed by atoms with Crippen molar-refractivity contribution in [3.63, 3.8) is 0 Å². The highest BCUT2D eigenvalue weighted by molar-refractivity contribution is 6.39. The predicted molar refractivity (Wildman–Crippen MR) is 71.7 cm³/mol. The molecule has 5 heteroatoms. The molecule has 1 N–H and O–H groups in total. The second-order valence-electron chi connectivity index (χ2n) is 3.65. The van der Waals surface area contributed by atoms with E-state index >= 15 is 0 Å². The van der Waals surface area contributed by atoms with Crippen molar-refractivity contribution in [3.8, 4) is 0 Å². The maximum Gasteiger partial charge on any atom is 0.0721 e. The van der Waals surface area contributed by atoms with Crippen LogP contribution in [0.4, 0.5) is 5.69 Å². The second-order valence-corrected chi connectivity index (χ2v) is 4.47. The van der Waals surface area contributed by atoms with Gasteiger partial charge in [0.2, 0.25) is 0 Å². The van der Waals surface area contributed by atoms with E-state index in [4.69, 9.17) is 23.2 Å². The summed E-state index contributed by atoms with van der Waals surface area (Å²) in [6.07, 6.45) is 3.83. The van der Waals surface area contributed by atoms with Crippen molar-refractivity contribution in [2.75, 3.05) is 5.32 Å². The van der Waals surface area contributed by atoms with Crippen molar-refractivity contribution >= 4 is 28.9 Å². The zero-order valence-corrected chi connectivity index (χ0v) is 11.0. The number of aromatic nitrogens is 2. The van der Waals surface area contributed by atoms with E-state index in [2.05, 4.69) is 17.3 Å². The number of benzene rings is 1. The highest BCUT2D eigenvalue weighted by Crippen LogP contribution is 2.30. The number of nitrogens with zero attached hydrogens (tertiary/aromatic N) is 2. The van der Waals surface area contributed by atoms with Crippen molar-refractivity contribution in [2.45, 2.75) is 20.0 Å². The van der Waals surface area contributed by atoms with Crippen molar-refractivity contribution < 1.29 is 0 Å². The smallest absolute Gasteiger partial charge is 0.0721 e. The van der Waals surface area contributed by atoms with Gasteiger partial charge in [0.05, 0.1) is 21.9 Å². The molecule has 3 nitrogen and oxygen atoms in total. The Hall–Kier alpha value is -1.19. The lowest BCUT2D eigenvalue weighted by molar-refractivity contribution is 0.659. The summed E-state index contributed by atoms with van der Waals surface area (Å²) >= 11 is 12.1. The van der Waals surface area contributed by atoms with Crippen LogP contribution in [-0.2, 0) is 13.1 Å². The van der Waals surface area contributed by atoms with Gasteiger partial charge in [0, 0.05) is 24.8 Å². The molecule has 1 heterocycles. The van der Waals surface area contributed by atoms with Gasteiger partial charge in [0.25, 0.3) is 0 Å². The third-order valence-corrected chi connectivity index (χ3v) is 3.07. The Labute approximate surface area is 110 Å². The molecule has 0 aliphatic heterocycles. The van der Waals surface area contributed by atoms with E-state index in [0.29, 0.717) is 16.6 Å². The fourth-order valence-electron chi connectivity index (χ4n) is 1.53. The number of para-hydroxylation sites is 1. The standard InChI is InChI=1S/C12H13Cl2N3/c1-2-17-8-9(7-16-17)6-15-12-10(13)4-3-5-11(12)14/h3-5,7-8,15H,2,6H2,1H3. The first-order valence-corrected chi connectivity index (χ1v) is 6.15. The molecule has 1 aromatic heterocycles. The van der Waals surface area contributed by atoms with Crippen LogP contribution in [0.5, 0.6) is 0 Å². The van der Waals surface area contributed by atoms with Gasteiger partial charge in [-0.2, -0.15) is 5.10 Å². The Kier molecular flexibility index (Phi) is 3.92. The van der Waals surface area contributed by atoms with E-state index in [1.54, 1.807) is 0 Å². The third kappa shape index (κ3) is 2.93. The number of aryl methyl sites for hydroxylation is 1. The summed E-state index contributed by atoms with van der Waals surface area (Å²) in [6.45, 7) is 3.57. The number of nitrogens with one attached hydrogen (secondary N) is 1. The number of hydrogen-bond acceptors (Lipinski definition) is 2. The molecule has 0 spiro atoms. The van der Waals surface area contributed by atoms with E-state index in [0.717, 1.165) is 17.8 Å². The monoisotopic (exact) mass is 269 g/mol. The minimum Gasteiger partial charge on any atom is -0.378 e. The van der Waals surface area contributed by atoms with E-state index in [1.807, 2.05) is 35.3 Å². The molecule has 0 saturated heterocycles. The Morgan fingerprint density at radius 3 is 2.59 bits per heavy atom. The van der Waals surface area contributed by atoms with Gasteiger partial charge in [-0.1, -0.05) is 29.3 Å². The van der Waals surface area contributed by atoms with Crippen LogP contribution in [0.15, 0.2) is 30.6 Å². The van der Waals surface area contributed by atoms with Crippen LogP contribution in [0, 0.1) is 0 Å². The number of halogens is 2. The van der Waals surface area contributed by atoms with E-state index in [9.17, 15) is 0 Å². The van der Waals surface area contributed by atoms with Crippen molar-refractivity contribution in [3.05, 3.63) is 46.2 Å². The molecular formula is C12H13Cl2N3. The van der Waals surface area contributed by atoms with Gasteiger partial charge in [-0.05, 0) is 19.1 Å². The lowest BCUT2D eigenvalue weighted by Gasteiger charge is -2.08. The van der Waals surface area contributed by atoms with E-state index < -0.39 is 0 Å². The Bertz CT molecular complexity index is 488. The van der Waals surface area contributed by atoms with Crippen LogP contribution >= 0.6 is 23.2 Å². The van der Waals surface area contributed by atoms with E-state index in [-0.39, 0.29) is 0 Å². The van der Waals surface area contributed by atoms with Gasteiger partial charge < -0.3 is 5.32 Å². The Morgan fingerprint density at radius 2 is 2.00 bits per heavy atom. The number of rotatable bonds is 4. The Morgan fingerprint density at radius 1 is 1.29 bits per heavy atom. The highest BCUT2D eigenvalue weighted by Gasteiger charge is 2.05. The molecule has 1 aromatic carbocycles. The first-order chi connectivity index (χ1) is 8.20. The van der Waals surface area contributed by atoms with Crippen molar-refractivity contribution in [1.29, 1.82) is 0 Å². The Balaban J connectivity index is 2.07. The maximum absolute atomic E-state index is 6.06. The summed E-state index contributed by atoms with van der Waals surface area (Å²) in [7, 11) is 0. The molecule has 0 aliphatic rings. The summed E-state index contributed by atoms with van der Waals surface area (Å²) in [5.74, 6) is 0. The lowest BCUT2D eigenvalue weighted by Crippen LogP contribution is -2.00. The third-order valence-electron chi connectivity index (χ3n) is 2.44. The van der Waals surface area contributed by atoms with E-state index in [1.165, 1.54) is 0 Å². The molecular weight excluding hydrogens is 257 g/mol. The molecule has 0 amide bonds. The van der Waals surface area contributed by atoms with Gasteiger partial charge in [-0.25, -0.2) is 0 Å². The predicted octanol–water partition coefficient (Wildman–Crippen LogP) is 3.82. The molecule has 0 bridgehead atoms. The molecule has 0 aliphatic carbocycles. The minimum absolute atomic E-state index is 0.625. The maximum atomic E-state index is 6.06. The van der Waals surface area contributed by atoms with Gasteiger partial charge >= 0.3 is 0 Å². The summed E-state index contributed by atoms with van der Waals surface area (Å²) in [6, 6.07) is 5.45. The van der Waals surface area contributed by atoms with Crippen LogP contribution in [0.2, 0.25) is 10.0 Å². The SMILES string of the molecule is CCn1cc(CNc2c(Cl)cccc2Cl)cn1. The zero-order valence-electron chi connectivity index (χ0n) is 9.45. The van der Waals surface area contributed by atoms with Crippen molar-refractivity contribution in [1.82, 2.24) is 9.78 Å². The molecule has 2 aromatic rings. The van der Waals surface area contributed by atoms with Crippen LogP contribution in [0.1, 0.15) is 12.5 Å². The summed E-state index contributed by atoms with van der Waals surface area (Å²) in [5.41, 5.74) is 1.86. The largest absolute Gasteiger partial charge is 0.378 e. The normalized spacial score (nSPS) is 10.5. The number of hydrogen-bond donors (Lipinski definition) is 1. The summed E-state index contributed by atoms with van der Waals surface area (Å²) < 4.78 is 1.88. The molecule has 90 valence electrons. The fourth-order valence-corrected chi connectivity index (χ4v) is 2.06. The van der Waals surface area contributed by atoms with Gasteiger partial charge in [0.1, 0.15) is 0 Å². The minimum atomic E-state index is 0.625. The molecule has 0 fully saturated rings. The molecule has 0 saturated carbocycles. The molecule has 0 atom stereocenters. The van der Waals surface area contributed by atoms with Crippen LogP contribution in [-0.4, -0.2) is 9.78 Å². The number of anilines is 1. The topological polar surface area (TPSA) is 29.9 Å². The van der Waals surface area contributed by atoms with Crippen molar-refractivity contribution in [2.24, 2.45) is 0 Å². The first kappa shape index (κ1) is 12.3. The molecule has 0 radical (unpaired) electrons. The summed E-state index contributed by atoms with van der Waals surface area (Å²) in [4.78, 5) is 0. The van der Waals surface area contributed by atoms with Gasteiger partial charge in [-0.3, -0.25) is 4.68 Å². The first-order valence-electron chi connectivity index (χ1n) is 5.40. The van der Waals surface area contributed by atoms with Crippen LogP contribution < -0.4 is 5.32 Å². The molecule has 0 unspecified atom stereocenters. The molecule has 2 rings (SSSR count). The van der Waals surface area contributed by atoms with Crippen LogP contribution in [0.3, 0.4) is 0 Å². The zero-order chi connectivity index (χ0) is 12.3.